The molecular formula is C13H14ClFN4. The molecule has 4 nitrogen and oxygen atoms in total. The highest BCUT2D eigenvalue weighted by atomic mass is 35.5. The van der Waals surface area contributed by atoms with Crippen LogP contribution in [0.1, 0.15) is 12.5 Å². The summed E-state index contributed by atoms with van der Waals surface area (Å²) in [6.07, 6.45) is 1.51. The summed E-state index contributed by atoms with van der Waals surface area (Å²) >= 11 is 5.99. The van der Waals surface area contributed by atoms with Crippen LogP contribution in [0.25, 0.3) is 0 Å². The van der Waals surface area contributed by atoms with Crippen molar-refractivity contribution in [3.8, 4) is 0 Å². The van der Waals surface area contributed by atoms with Crippen LogP contribution in [-0.4, -0.2) is 16.5 Å². The third-order valence-corrected chi connectivity index (χ3v) is 2.76. The Bertz CT molecular complexity index is 562. The Hall–Kier alpha value is -1.88. The zero-order chi connectivity index (χ0) is 13.7. The molecule has 0 aliphatic rings. The molecule has 2 rings (SSSR count). The predicted molar refractivity (Wildman–Crippen MR) is 74.9 cm³/mol. The van der Waals surface area contributed by atoms with Gasteiger partial charge in [-0.1, -0.05) is 29.8 Å². The van der Waals surface area contributed by atoms with E-state index in [0.29, 0.717) is 35.4 Å². The number of anilines is 2. The molecule has 0 bridgehead atoms. The maximum absolute atomic E-state index is 13.5. The van der Waals surface area contributed by atoms with Gasteiger partial charge in [-0.2, -0.15) is 4.98 Å². The Morgan fingerprint density at radius 3 is 2.79 bits per heavy atom. The molecule has 0 radical (unpaired) electrons. The van der Waals surface area contributed by atoms with E-state index in [1.165, 1.54) is 12.3 Å². The van der Waals surface area contributed by atoms with E-state index in [1.807, 2.05) is 6.92 Å². The van der Waals surface area contributed by atoms with E-state index in [1.54, 1.807) is 18.2 Å². The molecule has 0 aliphatic carbocycles. The summed E-state index contributed by atoms with van der Waals surface area (Å²) in [6.45, 7) is 2.98. The molecule has 19 heavy (non-hydrogen) atoms. The second-order valence-corrected chi connectivity index (χ2v) is 4.27. The SMILES string of the molecule is CCNc1ncc(Cl)c(NCc2ccccc2F)n1. The third kappa shape index (κ3) is 3.54. The van der Waals surface area contributed by atoms with Gasteiger partial charge in [0.05, 0.1) is 6.20 Å². The van der Waals surface area contributed by atoms with Gasteiger partial charge < -0.3 is 10.6 Å². The number of hydrogen-bond acceptors (Lipinski definition) is 4. The van der Waals surface area contributed by atoms with Gasteiger partial charge >= 0.3 is 0 Å². The summed E-state index contributed by atoms with van der Waals surface area (Å²) in [5.41, 5.74) is 0.558. The lowest BCUT2D eigenvalue weighted by Crippen LogP contribution is -2.07. The fourth-order valence-corrected chi connectivity index (χ4v) is 1.71. The van der Waals surface area contributed by atoms with Crippen LogP contribution in [0.2, 0.25) is 5.02 Å². The molecule has 0 unspecified atom stereocenters. The van der Waals surface area contributed by atoms with E-state index < -0.39 is 0 Å². The van der Waals surface area contributed by atoms with Gasteiger partial charge in [-0.25, -0.2) is 9.37 Å². The quantitative estimate of drug-likeness (QED) is 0.882. The van der Waals surface area contributed by atoms with Crippen LogP contribution in [0.5, 0.6) is 0 Å². The first-order valence-electron chi connectivity index (χ1n) is 5.94. The van der Waals surface area contributed by atoms with E-state index in [-0.39, 0.29) is 5.82 Å². The average Bonchev–Trinajstić information content (AvgIpc) is 2.41. The van der Waals surface area contributed by atoms with E-state index in [0.717, 1.165) is 0 Å². The third-order valence-electron chi connectivity index (χ3n) is 2.48. The first-order chi connectivity index (χ1) is 9.20. The van der Waals surface area contributed by atoms with E-state index in [2.05, 4.69) is 20.6 Å². The second-order valence-electron chi connectivity index (χ2n) is 3.87. The molecule has 1 aromatic carbocycles. The van der Waals surface area contributed by atoms with Gasteiger partial charge in [-0.05, 0) is 13.0 Å². The topological polar surface area (TPSA) is 49.8 Å². The summed E-state index contributed by atoms with van der Waals surface area (Å²) in [6, 6.07) is 6.57. The highest BCUT2D eigenvalue weighted by Gasteiger charge is 2.06. The van der Waals surface area contributed by atoms with Crippen LogP contribution in [0, 0.1) is 5.82 Å². The van der Waals surface area contributed by atoms with Crippen molar-refractivity contribution in [3.05, 3.63) is 46.9 Å². The summed E-state index contributed by atoms with van der Waals surface area (Å²) in [4.78, 5) is 8.25. The number of benzene rings is 1. The molecular weight excluding hydrogens is 267 g/mol. The average molecular weight is 281 g/mol. The van der Waals surface area contributed by atoms with Gasteiger partial charge in [0.15, 0.2) is 5.82 Å². The molecule has 0 saturated carbocycles. The molecule has 100 valence electrons. The lowest BCUT2D eigenvalue weighted by molar-refractivity contribution is 0.613. The monoisotopic (exact) mass is 280 g/mol. The van der Waals surface area contributed by atoms with Crippen LogP contribution >= 0.6 is 11.6 Å². The summed E-state index contributed by atoms with van der Waals surface area (Å²) in [5.74, 6) is 0.714. The molecule has 0 spiro atoms. The molecule has 2 N–H and O–H groups in total. The lowest BCUT2D eigenvalue weighted by atomic mass is 10.2. The van der Waals surface area contributed by atoms with E-state index in [9.17, 15) is 4.39 Å². The molecule has 0 amide bonds. The van der Waals surface area contributed by atoms with Crippen molar-refractivity contribution in [2.24, 2.45) is 0 Å². The minimum atomic E-state index is -0.257. The molecule has 1 heterocycles. The van der Waals surface area contributed by atoms with E-state index >= 15 is 0 Å². The number of halogens is 2. The smallest absolute Gasteiger partial charge is 0.224 e. The normalized spacial score (nSPS) is 10.3. The van der Waals surface area contributed by atoms with Crippen molar-refractivity contribution < 1.29 is 4.39 Å². The van der Waals surface area contributed by atoms with Crippen molar-refractivity contribution in [1.29, 1.82) is 0 Å². The van der Waals surface area contributed by atoms with Crippen molar-refractivity contribution in [2.75, 3.05) is 17.2 Å². The second kappa shape index (κ2) is 6.33. The van der Waals surface area contributed by atoms with Gasteiger partial charge in [0, 0.05) is 18.7 Å². The zero-order valence-electron chi connectivity index (χ0n) is 10.5. The Kier molecular flexibility index (Phi) is 4.52. The number of nitrogens with one attached hydrogen (secondary N) is 2. The minimum absolute atomic E-state index is 0.257. The molecule has 0 fully saturated rings. The van der Waals surface area contributed by atoms with Gasteiger partial charge in [0.1, 0.15) is 10.8 Å². The Balaban J connectivity index is 2.10. The standard InChI is InChI=1S/C13H14ClFN4/c1-2-16-13-18-8-10(14)12(19-13)17-7-9-5-3-4-6-11(9)15/h3-6,8H,2,7H2,1H3,(H2,16,17,18,19). The largest absolute Gasteiger partial charge is 0.364 e. The predicted octanol–water partition coefficient (Wildman–Crippen LogP) is 3.31. The van der Waals surface area contributed by atoms with Gasteiger partial charge in [0.25, 0.3) is 0 Å². The van der Waals surface area contributed by atoms with Crippen LogP contribution in [0.4, 0.5) is 16.2 Å². The van der Waals surface area contributed by atoms with Gasteiger partial charge in [-0.3, -0.25) is 0 Å². The zero-order valence-corrected chi connectivity index (χ0v) is 11.2. The fourth-order valence-electron chi connectivity index (χ4n) is 1.56. The van der Waals surface area contributed by atoms with Crippen LogP contribution < -0.4 is 10.6 Å². The van der Waals surface area contributed by atoms with Gasteiger partial charge in [0.2, 0.25) is 5.95 Å². The Labute approximate surface area is 116 Å². The van der Waals surface area contributed by atoms with Crippen molar-refractivity contribution >= 4 is 23.4 Å². The number of aromatic nitrogens is 2. The maximum Gasteiger partial charge on any atom is 0.224 e. The Morgan fingerprint density at radius 2 is 2.05 bits per heavy atom. The van der Waals surface area contributed by atoms with E-state index in [4.69, 9.17) is 11.6 Å². The molecule has 0 aliphatic heterocycles. The first-order valence-corrected chi connectivity index (χ1v) is 6.32. The number of hydrogen-bond donors (Lipinski definition) is 2. The summed E-state index contributed by atoms with van der Waals surface area (Å²) in [5, 5.41) is 6.40. The maximum atomic E-state index is 13.5. The van der Waals surface area contributed by atoms with Gasteiger partial charge in [-0.15, -0.1) is 0 Å². The lowest BCUT2D eigenvalue weighted by Gasteiger charge is -2.09. The Morgan fingerprint density at radius 1 is 1.26 bits per heavy atom. The number of rotatable bonds is 5. The molecule has 2 aromatic rings. The fraction of sp³-hybridized carbons (Fsp3) is 0.231. The molecule has 0 atom stereocenters. The van der Waals surface area contributed by atoms with Crippen molar-refractivity contribution in [2.45, 2.75) is 13.5 Å². The summed E-state index contributed by atoms with van der Waals surface area (Å²) in [7, 11) is 0. The molecule has 1 aromatic heterocycles. The molecule has 6 heteroatoms. The summed E-state index contributed by atoms with van der Waals surface area (Å²) < 4.78 is 13.5. The van der Waals surface area contributed by atoms with Crippen LogP contribution in [0.3, 0.4) is 0 Å². The highest BCUT2D eigenvalue weighted by molar-refractivity contribution is 6.32. The van der Waals surface area contributed by atoms with Crippen molar-refractivity contribution in [3.63, 3.8) is 0 Å². The highest BCUT2D eigenvalue weighted by Crippen LogP contribution is 2.20. The number of nitrogens with zero attached hydrogens (tertiary/aromatic N) is 2. The van der Waals surface area contributed by atoms with Crippen molar-refractivity contribution in [1.82, 2.24) is 9.97 Å². The van der Waals surface area contributed by atoms with Crippen LogP contribution in [0.15, 0.2) is 30.5 Å². The molecule has 0 saturated heterocycles. The first kappa shape index (κ1) is 13.5. The minimum Gasteiger partial charge on any atom is -0.364 e. The van der Waals surface area contributed by atoms with Crippen LogP contribution in [-0.2, 0) is 6.54 Å².